The third kappa shape index (κ3) is 4.93. The van der Waals surface area contributed by atoms with Gasteiger partial charge in [0.25, 0.3) is 0 Å². The first-order valence-electron chi connectivity index (χ1n) is 6.54. The highest BCUT2D eigenvalue weighted by molar-refractivity contribution is 7.91. The van der Waals surface area contributed by atoms with Crippen LogP contribution >= 0.6 is 0 Å². The van der Waals surface area contributed by atoms with Gasteiger partial charge in [0.1, 0.15) is 0 Å². The maximum absolute atomic E-state index is 12.2. The largest absolute Gasteiger partial charge is 0.493 e. The molecule has 118 valence electrons. The summed E-state index contributed by atoms with van der Waals surface area (Å²) in [4.78, 5) is 11.6. The molecule has 1 aromatic carbocycles. The Morgan fingerprint density at radius 1 is 1.19 bits per heavy atom. The Morgan fingerprint density at radius 2 is 1.81 bits per heavy atom. The standard InChI is InChI=1S/C14H21NO5S/c1-10(2)15-14(16)7-8-21(17,18)11-5-6-12(19-3)13(9-11)20-4/h5-6,9-10H,7-8H2,1-4H3,(H,15,16). The van der Waals surface area contributed by atoms with Crippen LogP contribution in [0.2, 0.25) is 0 Å². The fraction of sp³-hybridized carbons (Fsp3) is 0.500. The van der Waals surface area contributed by atoms with Gasteiger partial charge in [0.2, 0.25) is 5.91 Å². The van der Waals surface area contributed by atoms with Crippen LogP contribution in [0.25, 0.3) is 0 Å². The van der Waals surface area contributed by atoms with E-state index in [1.165, 1.54) is 32.4 Å². The first-order chi connectivity index (χ1) is 9.80. The van der Waals surface area contributed by atoms with Crippen LogP contribution in [0.4, 0.5) is 0 Å². The van der Waals surface area contributed by atoms with E-state index < -0.39 is 9.84 Å². The van der Waals surface area contributed by atoms with Crippen molar-refractivity contribution in [1.29, 1.82) is 0 Å². The van der Waals surface area contributed by atoms with Gasteiger partial charge in [-0.1, -0.05) is 0 Å². The Hall–Kier alpha value is -1.76. The minimum atomic E-state index is -3.55. The van der Waals surface area contributed by atoms with Crippen molar-refractivity contribution in [3.8, 4) is 11.5 Å². The summed E-state index contributed by atoms with van der Waals surface area (Å²) in [6, 6.07) is 4.35. The molecule has 0 saturated heterocycles. The van der Waals surface area contributed by atoms with Crippen LogP contribution < -0.4 is 14.8 Å². The van der Waals surface area contributed by atoms with Crippen LogP contribution in [0.3, 0.4) is 0 Å². The van der Waals surface area contributed by atoms with Gasteiger partial charge in [0, 0.05) is 18.5 Å². The number of nitrogens with one attached hydrogen (secondary N) is 1. The van der Waals surface area contributed by atoms with Crippen LogP contribution in [-0.4, -0.2) is 40.3 Å². The molecule has 1 N–H and O–H groups in total. The SMILES string of the molecule is COc1ccc(S(=O)(=O)CCC(=O)NC(C)C)cc1OC. The summed E-state index contributed by atoms with van der Waals surface area (Å²) < 4.78 is 34.6. The van der Waals surface area contributed by atoms with Gasteiger partial charge in [-0.2, -0.15) is 0 Å². The molecule has 0 saturated carbocycles. The van der Waals surface area contributed by atoms with Crippen LogP contribution in [0.15, 0.2) is 23.1 Å². The van der Waals surface area contributed by atoms with E-state index in [1.807, 2.05) is 13.8 Å². The van der Waals surface area contributed by atoms with E-state index in [2.05, 4.69) is 5.32 Å². The minimum absolute atomic E-state index is 0.0127. The van der Waals surface area contributed by atoms with E-state index in [9.17, 15) is 13.2 Å². The lowest BCUT2D eigenvalue weighted by atomic mass is 10.3. The molecule has 21 heavy (non-hydrogen) atoms. The quantitative estimate of drug-likeness (QED) is 0.822. The number of carbonyl (C=O) groups is 1. The van der Waals surface area contributed by atoms with Crippen LogP contribution in [-0.2, 0) is 14.6 Å². The molecule has 0 aliphatic heterocycles. The fourth-order valence-corrected chi connectivity index (χ4v) is 3.00. The van der Waals surface area contributed by atoms with Gasteiger partial charge in [-0.3, -0.25) is 4.79 Å². The zero-order chi connectivity index (χ0) is 16.0. The molecule has 0 unspecified atom stereocenters. The van der Waals surface area contributed by atoms with Gasteiger partial charge in [-0.15, -0.1) is 0 Å². The van der Waals surface area contributed by atoms with Crippen molar-refractivity contribution < 1.29 is 22.7 Å². The molecule has 0 aliphatic rings. The van der Waals surface area contributed by atoms with Crippen molar-refractivity contribution in [2.24, 2.45) is 0 Å². The molecule has 1 aromatic rings. The highest BCUT2D eigenvalue weighted by Crippen LogP contribution is 2.29. The summed E-state index contributed by atoms with van der Waals surface area (Å²) in [6.45, 7) is 3.64. The topological polar surface area (TPSA) is 81.7 Å². The summed E-state index contributed by atoms with van der Waals surface area (Å²) in [6.07, 6.45) is -0.0745. The summed E-state index contributed by atoms with van der Waals surface area (Å²) in [5.41, 5.74) is 0. The van der Waals surface area contributed by atoms with Gasteiger partial charge in [0.15, 0.2) is 21.3 Å². The predicted molar refractivity (Wildman–Crippen MR) is 79.5 cm³/mol. The lowest BCUT2D eigenvalue weighted by Crippen LogP contribution is -2.31. The lowest BCUT2D eigenvalue weighted by Gasteiger charge is -2.11. The first-order valence-corrected chi connectivity index (χ1v) is 8.19. The Bertz CT molecular complexity index is 595. The average Bonchev–Trinajstić information content (AvgIpc) is 2.43. The molecule has 0 fully saturated rings. The van der Waals surface area contributed by atoms with E-state index in [0.717, 1.165) is 0 Å². The molecule has 0 atom stereocenters. The van der Waals surface area contributed by atoms with Crippen molar-refractivity contribution in [2.75, 3.05) is 20.0 Å². The first kappa shape index (κ1) is 17.3. The molecule has 0 radical (unpaired) electrons. The Morgan fingerprint density at radius 3 is 2.33 bits per heavy atom. The summed E-state index contributed by atoms with van der Waals surface area (Å²) in [5, 5.41) is 2.66. The molecule has 1 amide bonds. The van der Waals surface area contributed by atoms with Crippen molar-refractivity contribution in [2.45, 2.75) is 31.2 Å². The van der Waals surface area contributed by atoms with E-state index in [1.54, 1.807) is 0 Å². The number of hydrogen-bond donors (Lipinski definition) is 1. The molecular formula is C14H21NO5S. The molecule has 6 nitrogen and oxygen atoms in total. The van der Waals surface area contributed by atoms with Gasteiger partial charge in [-0.25, -0.2) is 8.42 Å². The molecular weight excluding hydrogens is 294 g/mol. The van der Waals surface area contributed by atoms with Crippen molar-refractivity contribution in [1.82, 2.24) is 5.32 Å². The van der Waals surface area contributed by atoms with E-state index >= 15 is 0 Å². The van der Waals surface area contributed by atoms with Crippen LogP contribution in [0.1, 0.15) is 20.3 Å². The number of rotatable bonds is 7. The molecule has 0 aromatic heterocycles. The third-order valence-corrected chi connectivity index (χ3v) is 4.48. The predicted octanol–water partition coefficient (Wildman–Crippen LogP) is 1.39. The number of carbonyl (C=O) groups excluding carboxylic acids is 1. The second-order valence-electron chi connectivity index (χ2n) is 4.81. The molecule has 0 heterocycles. The Balaban J connectivity index is 2.86. The maximum Gasteiger partial charge on any atom is 0.221 e. The lowest BCUT2D eigenvalue weighted by molar-refractivity contribution is -0.121. The maximum atomic E-state index is 12.2. The smallest absolute Gasteiger partial charge is 0.221 e. The highest BCUT2D eigenvalue weighted by atomic mass is 32.2. The molecule has 1 rings (SSSR count). The van der Waals surface area contributed by atoms with Crippen molar-refractivity contribution in [3.63, 3.8) is 0 Å². The number of methoxy groups -OCH3 is 2. The van der Waals surface area contributed by atoms with Crippen LogP contribution in [0.5, 0.6) is 11.5 Å². The van der Waals surface area contributed by atoms with Crippen molar-refractivity contribution in [3.05, 3.63) is 18.2 Å². The monoisotopic (exact) mass is 315 g/mol. The number of benzene rings is 1. The third-order valence-electron chi connectivity index (χ3n) is 2.76. The Kier molecular flexibility index (Phi) is 6.02. The van der Waals surface area contributed by atoms with Gasteiger partial charge in [0.05, 0.1) is 24.9 Å². The summed E-state index contributed by atoms with van der Waals surface area (Å²) >= 11 is 0. The zero-order valence-electron chi connectivity index (χ0n) is 12.7. The zero-order valence-corrected chi connectivity index (χ0v) is 13.5. The summed E-state index contributed by atoms with van der Waals surface area (Å²) in [5.74, 6) is 0.259. The number of amides is 1. The van der Waals surface area contributed by atoms with Gasteiger partial charge in [-0.05, 0) is 26.0 Å². The minimum Gasteiger partial charge on any atom is -0.493 e. The van der Waals surface area contributed by atoms with E-state index in [4.69, 9.17) is 9.47 Å². The normalized spacial score (nSPS) is 11.3. The van der Waals surface area contributed by atoms with Gasteiger partial charge < -0.3 is 14.8 Å². The second-order valence-corrected chi connectivity index (χ2v) is 6.92. The van der Waals surface area contributed by atoms with Crippen molar-refractivity contribution >= 4 is 15.7 Å². The van der Waals surface area contributed by atoms with E-state index in [-0.39, 0.29) is 29.0 Å². The summed E-state index contributed by atoms with van der Waals surface area (Å²) in [7, 11) is -0.636. The molecule has 0 spiro atoms. The molecule has 0 bridgehead atoms. The average molecular weight is 315 g/mol. The number of sulfone groups is 1. The fourth-order valence-electron chi connectivity index (χ4n) is 1.75. The number of ether oxygens (including phenoxy) is 2. The number of hydrogen-bond acceptors (Lipinski definition) is 5. The van der Waals surface area contributed by atoms with Gasteiger partial charge >= 0.3 is 0 Å². The van der Waals surface area contributed by atoms with Crippen LogP contribution in [0, 0.1) is 0 Å². The molecule has 0 aliphatic carbocycles. The highest BCUT2D eigenvalue weighted by Gasteiger charge is 2.19. The molecule has 7 heteroatoms. The second kappa shape index (κ2) is 7.31. The van der Waals surface area contributed by atoms with E-state index in [0.29, 0.717) is 11.5 Å². The Labute approximate surface area is 125 Å².